The Morgan fingerprint density at radius 2 is 1.85 bits per heavy atom. The minimum atomic E-state index is 0.850. The monoisotopic (exact) mass is 271 g/mol. The standard InChI is InChI=1S/C18H25NO/c1-2-14-7-9-15(10-8-14)12-19-13-17-11-16-5-3-4-6-18(16)20-17/h3-6,11,14-15,19H,2,7-10,12-13H2,1H3. The maximum absolute atomic E-state index is 5.83. The molecule has 1 aromatic carbocycles. The van der Waals surface area contributed by atoms with E-state index in [1.54, 1.807) is 0 Å². The van der Waals surface area contributed by atoms with Crippen molar-refractivity contribution in [2.45, 2.75) is 45.6 Å². The molecule has 0 unspecified atom stereocenters. The van der Waals surface area contributed by atoms with Gasteiger partial charge in [0.1, 0.15) is 11.3 Å². The smallest absolute Gasteiger partial charge is 0.134 e. The van der Waals surface area contributed by atoms with E-state index in [0.29, 0.717) is 0 Å². The quantitative estimate of drug-likeness (QED) is 0.849. The molecule has 0 radical (unpaired) electrons. The molecule has 2 nitrogen and oxygen atoms in total. The van der Waals surface area contributed by atoms with Crippen LogP contribution < -0.4 is 5.32 Å². The van der Waals surface area contributed by atoms with Crippen LogP contribution in [0.2, 0.25) is 0 Å². The van der Waals surface area contributed by atoms with Crippen LogP contribution in [0.3, 0.4) is 0 Å². The molecule has 1 N–H and O–H groups in total. The molecule has 2 heteroatoms. The van der Waals surface area contributed by atoms with Crippen molar-refractivity contribution in [1.29, 1.82) is 0 Å². The van der Waals surface area contributed by atoms with E-state index in [2.05, 4.69) is 30.4 Å². The van der Waals surface area contributed by atoms with E-state index < -0.39 is 0 Å². The summed E-state index contributed by atoms with van der Waals surface area (Å²) in [5, 5.41) is 4.77. The van der Waals surface area contributed by atoms with Crippen LogP contribution in [0, 0.1) is 11.8 Å². The highest BCUT2D eigenvalue weighted by Gasteiger charge is 2.19. The van der Waals surface area contributed by atoms with Crippen molar-refractivity contribution < 1.29 is 4.42 Å². The SMILES string of the molecule is CCC1CCC(CNCc2cc3ccccc3o2)CC1. The van der Waals surface area contributed by atoms with Gasteiger partial charge in [0.25, 0.3) is 0 Å². The normalized spacial score (nSPS) is 23.2. The molecule has 3 rings (SSSR count). The van der Waals surface area contributed by atoms with Gasteiger partial charge in [-0.1, -0.05) is 44.4 Å². The molecule has 0 atom stereocenters. The molecule has 0 bridgehead atoms. The van der Waals surface area contributed by atoms with Crippen molar-refractivity contribution in [3.05, 3.63) is 36.1 Å². The van der Waals surface area contributed by atoms with Crippen molar-refractivity contribution in [3.63, 3.8) is 0 Å². The van der Waals surface area contributed by atoms with E-state index in [-0.39, 0.29) is 0 Å². The number of benzene rings is 1. The second-order valence-electron chi connectivity index (χ2n) is 6.18. The highest BCUT2D eigenvalue weighted by molar-refractivity contribution is 5.77. The van der Waals surface area contributed by atoms with E-state index in [4.69, 9.17) is 4.42 Å². The summed E-state index contributed by atoms with van der Waals surface area (Å²) in [5.74, 6) is 2.90. The zero-order valence-corrected chi connectivity index (χ0v) is 12.4. The van der Waals surface area contributed by atoms with Crippen molar-refractivity contribution >= 4 is 11.0 Å². The number of para-hydroxylation sites is 1. The molecular weight excluding hydrogens is 246 g/mol. The molecule has 20 heavy (non-hydrogen) atoms. The molecule has 0 aliphatic heterocycles. The molecule has 2 aromatic rings. The minimum absolute atomic E-state index is 0.850. The molecular formula is C18H25NO. The summed E-state index contributed by atoms with van der Waals surface area (Å²) in [7, 11) is 0. The zero-order valence-electron chi connectivity index (χ0n) is 12.4. The number of furan rings is 1. The molecule has 1 heterocycles. The lowest BCUT2D eigenvalue weighted by Gasteiger charge is -2.27. The van der Waals surface area contributed by atoms with E-state index in [9.17, 15) is 0 Å². The van der Waals surface area contributed by atoms with Crippen molar-refractivity contribution in [1.82, 2.24) is 5.32 Å². The van der Waals surface area contributed by atoms with Crippen molar-refractivity contribution in [3.8, 4) is 0 Å². The average molecular weight is 271 g/mol. The first-order chi connectivity index (χ1) is 9.85. The topological polar surface area (TPSA) is 25.2 Å². The Bertz CT molecular complexity index is 504. The number of nitrogens with one attached hydrogen (secondary N) is 1. The number of hydrogen-bond donors (Lipinski definition) is 1. The van der Waals surface area contributed by atoms with Gasteiger partial charge in [-0.25, -0.2) is 0 Å². The van der Waals surface area contributed by atoms with Crippen LogP contribution in [-0.4, -0.2) is 6.54 Å². The summed E-state index contributed by atoms with van der Waals surface area (Å²) in [4.78, 5) is 0. The van der Waals surface area contributed by atoms with Crippen LogP contribution in [0.15, 0.2) is 34.7 Å². The van der Waals surface area contributed by atoms with Gasteiger partial charge in [0.05, 0.1) is 6.54 Å². The van der Waals surface area contributed by atoms with Crippen LogP contribution >= 0.6 is 0 Å². The maximum atomic E-state index is 5.83. The first-order valence-electron chi connectivity index (χ1n) is 8.03. The molecule has 1 saturated carbocycles. The summed E-state index contributed by atoms with van der Waals surface area (Å²) in [6.45, 7) is 4.31. The van der Waals surface area contributed by atoms with Gasteiger partial charge in [-0.05, 0) is 43.4 Å². The third-order valence-corrected chi connectivity index (χ3v) is 4.75. The highest BCUT2D eigenvalue weighted by atomic mass is 16.3. The van der Waals surface area contributed by atoms with E-state index in [1.807, 2.05) is 12.1 Å². The number of fused-ring (bicyclic) bond motifs is 1. The summed E-state index contributed by atoms with van der Waals surface area (Å²) >= 11 is 0. The minimum Gasteiger partial charge on any atom is -0.460 e. The van der Waals surface area contributed by atoms with Crippen LogP contribution in [0.4, 0.5) is 0 Å². The van der Waals surface area contributed by atoms with E-state index >= 15 is 0 Å². The Morgan fingerprint density at radius 1 is 1.10 bits per heavy atom. The Balaban J connectivity index is 1.46. The summed E-state index contributed by atoms with van der Waals surface area (Å²) in [5.41, 5.74) is 0.993. The van der Waals surface area contributed by atoms with Gasteiger partial charge >= 0.3 is 0 Å². The van der Waals surface area contributed by atoms with Gasteiger partial charge in [-0.2, -0.15) is 0 Å². The zero-order chi connectivity index (χ0) is 13.8. The van der Waals surface area contributed by atoms with Crippen molar-refractivity contribution in [2.75, 3.05) is 6.54 Å². The lowest BCUT2D eigenvalue weighted by molar-refractivity contribution is 0.261. The van der Waals surface area contributed by atoms with Gasteiger partial charge in [0, 0.05) is 5.39 Å². The summed E-state index contributed by atoms with van der Waals surface area (Å²) in [6.07, 6.45) is 7.00. The van der Waals surface area contributed by atoms with Gasteiger partial charge in [-0.15, -0.1) is 0 Å². The Morgan fingerprint density at radius 3 is 2.60 bits per heavy atom. The third kappa shape index (κ3) is 3.24. The largest absolute Gasteiger partial charge is 0.460 e. The second-order valence-corrected chi connectivity index (χ2v) is 6.18. The fourth-order valence-electron chi connectivity index (χ4n) is 3.37. The van der Waals surface area contributed by atoms with E-state index in [0.717, 1.165) is 36.3 Å². The molecule has 1 aliphatic carbocycles. The predicted octanol–water partition coefficient (Wildman–Crippen LogP) is 4.74. The molecule has 0 amide bonds. The van der Waals surface area contributed by atoms with Crippen LogP contribution in [0.25, 0.3) is 11.0 Å². The number of hydrogen-bond acceptors (Lipinski definition) is 2. The van der Waals surface area contributed by atoms with Gasteiger partial charge < -0.3 is 9.73 Å². The lowest BCUT2D eigenvalue weighted by Crippen LogP contribution is -2.26. The Hall–Kier alpha value is -1.28. The van der Waals surface area contributed by atoms with Gasteiger partial charge in [-0.3, -0.25) is 0 Å². The van der Waals surface area contributed by atoms with Gasteiger partial charge in [0.15, 0.2) is 0 Å². The van der Waals surface area contributed by atoms with Crippen molar-refractivity contribution in [2.24, 2.45) is 11.8 Å². The van der Waals surface area contributed by atoms with E-state index in [1.165, 1.54) is 37.5 Å². The summed E-state index contributed by atoms with van der Waals surface area (Å²) in [6, 6.07) is 10.4. The maximum Gasteiger partial charge on any atom is 0.134 e. The predicted molar refractivity (Wildman–Crippen MR) is 83.7 cm³/mol. The summed E-state index contributed by atoms with van der Waals surface area (Å²) < 4.78 is 5.83. The lowest BCUT2D eigenvalue weighted by atomic mass is 9.81. The van der Waals surface area contributed by atoms with Crippen LogP contribution in [-0.2, 0) is 6.54 Å². The second kappa shape index (κ2) is 6.45. The van der Waals surface area contributed by atoms with Crippen LogP contribution in [0.1, 0.15) is 44.8 Å². The Labute approximate surface area is 121 Å². The fraction of sp³-hybridized carbons (Fsp3) is 0.556. The molecule has 0 spiro atoms. The molecule has 1 aliphatic rings. The Kier molecular flexibility index (Phi) is 4.41. The molecule has 108 valence electrons. The molecule has 1 fully saturated rings. The van der Waals surface area contributed by atoms with Gasteiger partial charge in [0.2, 0.25) is 0 Å². The first kappa shape index (κ1) is 13.7. The average Bonchev–Trinajstić information content (AvgIpc) is 2.90. The first-order valence-corrected chi connectivity index (χ1v) is 8.03. The molecule has 1 aromatic heterocycles. The fourth-order valence-corrected chi connectivity index (χ4v) is 3.37. The molecule has 0 saturated heterocycles. The highest BCUT2D eigenvalue weighted by Crippen LogP contribution is 2.30. The third-order valence-electron chi connectivity index (χ3n) is 4.75. The number of rotatable bonds is 5. The van der Waals surface area contributed by atoms with Crippen LogP contribution in [0.5, 0.6) is 0 Å².